The number of aromatic amines is 1. The van der Waals surface area contributed by atoms with E-state index in [9.17, 15) is 4.79 Å². The van der Waals surface area contributed by atoms with Gasteiger partial charge < -0.3 is 4.74 Å². The third-order valence-electron chi connectivity index (χ3n) is 4.38. The van der Waals surface area contributed by atoms with E-state index in [2.05, 4.69) is 20.7 Å². The van der Waals surface area contributed by atoms with Gasteiger partial charge in [0, 0.05) is 5.56 Å². The third-order valence-corrected chi connectivity index (χ3v) is 4.38. The number of hydrogen-bond acceptors (Lipinski definition) is 4. The van der Waals surface area contributed by atoms with Crippen molar-refractivity contribution in [2.75, 3.05) is 0 Å². The fourth-order valence-electron chi connectivity index (χ4n) is 2.85. The van der Waals surface area contributed by atoms with Gasteiger partial charge in [0.15, 0.2) is 0 Å². The largest absolute Gasteiger partial charge is 0.489 e. The number of H-pyrrole nitrogens is 1. The molecule has 30 heavy (non-hydrogen) atoms. The minimum absolute atomic E-state index is 0.339. The first kappa shape index (κ1) is 19.1. The number of carbonyl (C=O) groups excluding carboxylic acids is 1. The summed E-state index contributed by atoms with van der Waals surface area (Å²) in [6.45, 7) is 0.488. The highest BCUT2D eigenvalue weighted by Gasteiger charge is 2.10. The van der Waals surface area contributed by atoms with Crippen molar-refractivity contribution >= 4 is 12.1 Å². The van der Waals surface area contributed by atoms with Gasteiger partial charge in [-0.15, -0.1) is 0 Å². The van der Waals surface area contributed by atoms with Crippen molar-refractivity contribution in [2.45, 2.75) is 6.61 Å². The van der Waals surface area contributed by atoms with E-state index < -0.39 is 0 Å². The average molecular weight is 396 g/mol. The summed E-state index contributed by atoms with van der Waals surface area (Å²) in [5.41, 5.74) is 6.39. The Bertz CT molecular complexity index is 1140. The topological polar surface area (TPSA) is 79.4 Å². The van der Waals surface area contributed by atoms with Gasteiger partial charge in [-0.25, -0.2) is 5.43 Å². The molecule has 0 radical (unpaired) electrons. The first-order chi connectivity index (χ1) is 14.8. The SMILES string of the molecule is O=C(N/N=C/c1cccc(OCc2ccccc2)c1)c1cc(-c2ccccc2)n[nH]1. The lowest BCUT2D eigenvalue weighted by Gasteiger charge is -2.06. The number of nitrogens with one attached hydrogen (secondary N) is 2. The number of rotatable bonds is 7. The number of hydrogen-bond donors (Lipinski definition) is 2. The number of amides is 1. The van der Waals surface area contributed by atoms with E-state index in [1.807, 2.05) is 84.9 Å². The van der Waals surface area contributed by atoms with Crippen LogP contribution in [0.1, 0.15) is 21.6 Å². The first-order valence-electron chi connectivity index (χ1n) is 9.49. The Hall–Kier alpha value is -4.19. The van der Waals surface area contributed by atoms with Gasteiger partial charge in [-0.3, -0.25) is 9.89 Å². The highest BCUT2D eigenvalue weighted by molar-refractivity contribution is 5.94. The number of benzene rings is 3. The highest BCUT2D eigenvalue weighted by Crippen LogP contribution is 2.17. The van der Waals surface area contributed by atoms with Gasteiger partial charge in [0.1, 0.15) is 18.1 Å². The van der Waals surface area contributed by atoms with E-state index in [0.717, 1.165) is 22.4 Å². The normalized spacial score (nSPS) is 10.8. The molecule has 0 spiro atoms. The molecule has 0 bridgehead atoms. The van der Waals surface area contributed by atoms with E-state index in [1.54, 1.807) is 12.3 Å². The van der Waals surface area contributed by atoms with Crippen LogP contribution in [-0.2, 0) is 6.61 Å². The van der Waals surface area contributed by atoms with Gasteiger partial charge in [-0.2, -0.15) is 10.2 Å². The predicted molar refractivity (Wildman–Crippen MR) is 116 cm³/mol. The lowest BCUT2D eigenvalue weighted by Crippen LogP contribution is -2.18. The molecular weight excluding hydrogens is 376 g/mol. The summed E-state index contributed by atoms with van der Waals surface area (Å²) in [7, 11) is 0. The van der Waals surface area contributed by atoms with Gasteiger partial charge >= 0.3 is 0 Å². The van der Waals surface area contributed by atoms with Crippen LogP contribution < -0.4 is 10.2 Å². The molecule has 4 rings (SSSR count). The van der Waals surface area contributed by atoms with Crippen molar-refractivity contribution in [3.05, 3.63) is 108 Å². The molecule has 0 aliphatic rings. The van der Waals surface area contributed by atoms with Crippen LogP contribution >= 0.6 is 0 Å². The molecule has 0 atom stereocenters. The summed E-state index contributed by atoms with van der Waals surface area (Å²) < 4.78 is 5.81. The summed E-state index contributed by atoms with van der Waals surface area (Å²) in [6.07, 6.45) is 1.57. The number of ether oxygens (including phenoxy) is 1. The minimum Gasteiger partial charge on any atom is -0.489 e. The summed E-state index contributed by atoms with van der Waals surface area (Å²) in [5.74, 6) is 0.368. The van der Waals surface area contributed by atoms with Crippen molar-refractivity contribution in [3.63, 3.8) is 0 Å². The predicted octanol–water partition coefficient (Wildman–Crippen LogP) is 4.42. The van der Waals surface area contributed by atoms with Crippen molar-refractivity contribution in [1.82, 2.24) is 15.6 Å². The Morgan fingerprint density at radius 1 is 0.967 bits per heavy atom. The quantitative estimate of drug-likeness (QED) is 0.358. The molecule has 0 fully saturated rings. The van der Waals surface area contributed by atoms with Crippen molar-refractivity contribution in [2.24, 2.45) is 5.10 Å². The molecule has 1 aromatic heterocycles. The van der Waals surface area contributed by atoms with E-state index in [0.29, 0.717) is 18.0 Å². The molecule has 0 saturated carbocycles. The zero-order valence-electron chi connectivity index (χ0n) is 16.2. The van der Waals surface area contributed by atoms with Crippen molar-refractivity contribution in [3.8, 4) is 17.0 Å². The smallest absolute Gasteiger partial charge is 0.289 e. The van der Waals surface area contributed by atoms with E-state index >= 15 is 0 Å². The summed E-state index contributed by atoms with van der Waals surface area (Å²) >= 11 is 0. The van der Waals surface area contributed by atoms with Crippen LogP contribution in [0.25, 0.3) is 11.3 Å². The highest BCUT2D eigenvalue weighted by atomic mass is 16.5. The molecule has 1 amide bonds. The van der Waals surface area contributed by atoms with Crippen LogP contribution in [0.3, 0.4) is 0 Å². The molecular formula is C24H20N4O2. The standard InChI is InChI=1S/C24H20N4O2/c29-24(23-15-22(26-27-23)20-11-5-2-6-12-20)28-25-16-19-10-7-13-21(14-19)30-17-18-8-3-1-4-9-18/h1-16H,17H2,(H,26,27)(H,28,29)/b25-16+. The molecule has 6 nitrogen and oxygen atoms in total. The van der Waals surface area contributed by atoms with Gasteiger partial charge in [0.25, 0.3) is 5.91 Å². The molecule has 148 valence electrons. The zero-order chi connectivity index (χ0) is 20.6. The number of hydrazone groups is 1. The fraction of sp³-hybridized carbons (Fsp3) is 0.0417. The summed E-state index contributed by atoms with van der Waals surface area (Å²) in [6, 6.07) is 28.8. The average Bonchev–Trinajstić information content (AvgIpc) is 3.30. The second kappa shape index (κ2) is 9.34. The first-order valence-corrected chi connectivity index (χ1v) is 9.49. The second-order valence-electron chi connectivity index (χ2n) is 6.58. The Morgan fingerprint density at radius 3 is 2.53 bits per heavy atom. The maximum atomic E-state index is 12.3. The fourth-order valence-corrected chi connectivity index (χ4v) is 2.85. The number of carbonyl (C=O) groups is 1. The van der Waals surface area contributed by atoms with Crippen molar-refractivity contribution in [1.29, 1.82) is 0 Å². The lowest BCUT2D eigenvalue weighted by atomic mass is 10.1. The summed E-state index contributed by atoms with van der Waals surface area (Å²) in [5, 5.41) is 10.9. The molecule has 0 unspecified atom stereocenters. The molecule has 3 aromatic carbocycles. The Balaban J connectivity index is 1.34. The Kier molecular flexibility index (Phi) is 5.96. The van der Waals surface area contributed by atoms with E-state index in [4.69, 9.17) is 4.74 Å². The summed E-state index contributed by atoms with van der Waals surface area (Å²) in [4.78, 5) is 12.3. The maximum absolute atomic E-state index is 12.3. The van der Waals surface area contributed by atoms with E-state index in [1.165, 1.54) is 0 Å². The van der Waals surface area contributed by atoms with Crippen LogP contribution in [0.15, 0.2) is 96.1 Å². The van der Waals surface area contributed by atoms with Gasteiger partial charge in [0.05, 0.1) is 11.9 Å². The molecule has 1 heterocycles. The van der Waals surface area contributed by atoms with Crippen LogP contribution in [0.2, 0.25) is 0 Å². The molecule has 4 aromatic rings. The van der Waals surface area contributed by atoms with Crippen LogP contribution in [0, 0.1) is 0 Å². The van der Waals surface area contributed by atoms with Crippen LogP contribution in [0.5, 0.6) is 5.75 Å². The van der Waals surface area contributed by atoms with E-state index in [-0.39, 0.29) is 5.91 Å². The van der Waals surface area contributed by atoms with Crippen LogP contribution in [-0.4, -0.2) is 22.3 Å². The van der Waals surface area contributed by atoms with Crippen molar-refractivity contribution < 1.29 is 9.53 Å². The molecule has 0 aliphatic heterocycles. The number of nitrogens with zero attached hydrogens (tertiary/aromatic N) is 2. The Morgan fingerprint density at radius 2 is 1.73 bits per heavy atom. The zero-order valence-corrected chi connectivity index (χ0v) is 16.2. The Labute approximate surface area is 174 Å². The minimum atomic E-state index is -0.364. The van der Waals surface area contributed by atoms with Gasteiger partial charge in [-0.1, -0.05) is 72.8 Å². The second-order valence-corrected chi connectivity index (χ2v) is 6.58. The van der Waals surface area contributed by atoms with Crippen LogP contribution in [0.4, 0.5) is 0 Å². The third kappa shape index (κ3) is 4.99. The molecule has 0 aliphatic carbocycles. The molecule has 0 saturated heterocycles. The molecule has 6 heteroatoms. The maximum Gasteiger partial charge on any atom is 0.289 e. The monoisotopic (exact) mass is 396 g/mol. The lowest BCUT2D eigenvalue weighted by molar-refractivity contribution is 0.0950. The molecule has 2 N–H and O–H groups in total. The number of aromatic nitrogens is 2. The van der Waals surface area contributed by atoms with Gasteiger partial charge in [0.2, 0.25) is 0 Å². The van der Waals surface area contributed by atoms with Gasteiger partial charge in [-0.05, 0) is 29.3 Å².